The first-order chi connectivity index (χ1) is 5.68. The fourth-order valence-electron chi connectivity index (χ4n) is 1.02. The van der Waals surface area contributed by atoms with Crippen molar-refractivity contribution in [2.45, 2.75) is 36.7 Å². The average Bonchev–Trinajstić information content (AvgIpc) is 2.12. The molecule has 72 valence electrons. The number of unbranched alkanes of at least 4 members (excludes halogenated alkanes) is 2. The van der Waals surface area contributed by atoms with Gasteiger partial charge in [-0.1, -0.05) is 12.5 Å². The summed E-state index contributed by atoms with van der Waals surface area (Å²) >= 11 is 3.93. The van der Waals surface area contributed by atoms with Gasteiger partial charge >= 0.3 is 0 Å². The molecule has 0 rings (SSSR count). The molecule has 0 radical (unpaired) electrons. The predicted octanol–water partition coefficient (Wildman–Crippen LogP) is 4.18. The summed E-state index contributed by atoms with van der Waals surface area (Å²) in [5.41, 5.74) is 0. The van der Waals surface area contributed by atoms with Crippen molar-refractivity contribution in [1.29, 1.82) is 0 Å². The fraction of sp³-hybridized carbons (Fsp3) is 0.800. The van der Waals surface area contributed by atoms with Gasteiger partial charge in [-0.15, -0.1) is 30.1 Å². The average molecular weight is 204 g/mol. The maximum atomic E-state index is 3.72. The van der Waals surface area contributed by atoms with Crippen molar-refractivity contribution < 1.29 is 0 Å². The van der Waals surface area contributed by atoms with E-state index in [-0.39, 0.29) is 0 Å². The Morgan fingerprint density at radius 1 is 1.25 bits per heavy atom. The lowest BCUT2D eigenvalue weighted by molar-refractivity contribution is 0.662. The molecular formula is C10H20S2. The van der Waals surface area contributed by atoms with E-state index in [0.717, 1.165) is 0 Å². The molecule has 0 amide bonds. The highest BCUT2D eigenvalue weighted by atomic mass is 32.2. The highest BCUT2D eigenvalue weighted by Gasteiger charge is 2.19. The second kappa shape index (κ2) is 6.90. The molecule has 0 aliphatic rings. The highest BCUT2D eigenvalue weighted by molar-refractivity contribution is 8.17. The van der Waals surface area contributed by atoms with Crippen LogP contribution in [0.5, 0.6) is 0 Å². The van der Waals surface area contributed by atoms with Crippen molar-refractivity contribution in [3.05, 3.63) is 12.7 Å². The Morgan fingerprint density at radius 3 is 2.25 bits per heavy atom. The van der Waals surface area contributed by atoms with E-state index >= 15 is 0 Å². The van der Waals surface area contributed by atoms with Crippen LogP contribution in [-0.2, 0) is 0 Å². The van der Waals surface area contributed by atoms with E-state index < -0.39 is 0 Å². The Kier molecular flexibility index (Phi) is 7.16. The molecule has 2 heteroatoms. The summed E-state index contributed by atoms with van der Waals surface area (Å²) in [4.78, 5) is 0. The third-order valence-corrected chi connectivity index (χ3v) is 5.29. The van der Waals surface area contributed by atoms with Gasteiger partial charge in [0.2, 0.25) is 0 Å². The second-order valence-corrected chi connectivity index (χ2v) is 5.95. The molecule has 0 N–H and O–H groups in total. The summed E-state index contributed by atoms with van der Waals surface area (Å²) in [5, 5.41) is 0. The van der Waals surface area contributed by atoms with Crippen LogP contribution in [-0.4, -0.2) is 16.6 Å². The van der Waals surface area contributed by atoms with Crippen molar-refractivity contribution >= 4 is 23.5 Å². The summed E-state index contributed by atoms with van der Waals surface area (Å²) in [6.45, 7) is 6.05. The summed E-state index contributed by atoms with van der Waals surface area (Å²) < 4.78 is 0.432. The third-order valence-electron chi connectivity index (χ3n) is 2.15. The Bertz CT molecular complexity index is 117. The van der Waals surface area contributed by atoms with Gasteiger partial charge < -0.3 is 0 Å². The van der Waals surface area contributed by atoms with Gasteiger partial charge in [0, 0.05) is 0 Å². The maximum Gasteiger partial charge on any atom is 0.0577 e. The molecule has 0 saturated heterocycles. The monoisotopic (exact) mass is 204 g/mol. The van der Waals surface area contributed by atoms with E-state index in [1.807, 2.05) is 29.6 Å². The van der Waals surface area contributed by atoms with Gasteiger partial charge in [-0.25, -0.2) is 0 Å². The second-order valence-electron chi connectivity index (χ2n) is 3.08. The van der Waals surface area contributed by atoms with Crippen molar-refractivity contribution in [3.63, 3.8) is 0 Å². The summed E-state index contributed by atoms with van der Waals surface area (Å²) in [6.07, 6.45) is 11.5. The molecule has 12 heavy (non-hydrogen) atoms. The Balaban J connectivity index is 3.51. The zero-order valence-corrected chi connectivity index (χ0v) is 10.1. The zero-order chi connectivity index (χ0) is 9.45. The van der Waals surface area contributed by atoms with Crippen LogP contribution in [0.15, 0.2) is 12.7 Å². The van der Waals surface area contributed by atoms with Gasteiger partial charge in [-0.3, -0.25) is 0 Å². The molecule has 0 aromatic heterocycles. The molecule has 0 aromatic rings. The van der Waals surface area contributed by atoms with E-state index in [1.54, 1.807) is 0 Å². The zero-order valence-electron chi connectivity index (χ0n) is 8.43. The van der Waals surface area contributed by atoms with E-state index in [0.29, 0.717) is 4.08 Å². The van der Waals surface area contributed by atoms with Crippen LogP contribution in [0.2, 0.25) is 0 Å². The van der Waals surface area contributed by atoms with Gasteiger partial charge in [-0.05, 0) is 38.7 Å². The number of allylic oxidation sites excluding steroid dienone is 1. The third kappa shape index (κ3) is 5.15. The first-order valence-electron chi connectivity index (χ1n) is 4.39. The minimum absolute atomic E-state index is 0.432. The van der Waals surface area contributed by atoms with Crippen LogP contribution in [0.3, 0.4) is 0 Å². The van der Waals surface area contributed by atoms with E-state index in [2.05, 4.69) is 26.0 Å². The first-order valence-corrected chi connectivity index (χ1v) is 6.84. The molecule has 0 fully saturated rings. The molecular weight excluding hydrogens is 184 g/mol. The molecule has 0 saturated carbocycles. The molecule has 0 unspecified atom stereocenters. The topological polar surface area (TPSA) is 0 Å². The number of thioether (sulfide) groups is 2. The quantitative estimate of drug-likeness (QED) is 0.347. The van der Waals surface area contributed by atoms with E-state index in [1.165, 1.54) is 25.7 Å². The van der Waals surface area contributed by atoms with Crippen molar-refractivity contribution in [1.82, 2.24) is 0 Å². The standard InChI is InChI=1S/C10H20S2/c1-5-6-7-8-9-10(2,11-3)12-4/h5H,1,6-9H2,2-4H3. The van der Waals surface area contributed by atoms with Crippen molar-refractivity contribution in [2.75, 3.05) is 12.5 Å². The van der Waals surface area contributed by atoms with Gasteiger partial charge in [0.05, 0.1) is 4.08 Å². The van der Waals surface area contributed by atoms with Crippen molar-refractivity contribution in [3.8, 4) is 0 Å². The molecule has 0 heterocycles. The summed E-state index contributed by atoms with van der Waals surface area (Å²) in [6, 6.07) is 0. The van der Waals surface area contributed by atoms with Crippen molar-refractivity contribution in [2.24, 2.45) is 0 Å². The lowest BCUT2D eigenvalue weighted by Crippen LogP contribution is -2.13. The molecule has 0 aliphatic heterocycles. The van der Waals surface area contributed by atoms with Gasteiger partial charge in [0.1, 0.15) is 0 Å². The summed E-state index contributed by atoms with van der Waals surface area (Å²) in [5.74, 6) is 0. The number of hydrogen-bond acceptors (Lipinski definition) is 2. The minimum Gasteiger partial charge on any atom is -0.148 e. The van der Waals surface area contributed by atoms with Crippen LogP contribution in [0.1, 0.15) is 32.6 Å². The number of rotatable bonds is 7. The van der Waals surface area contributed by atoms with Gasteiger partial charge in [0.15, 0.2) is 0 Å². The van der Waals surface area contributed by atoms with E-state index in [4.69, 9.17) is 0 Å². The van der Waals surface area contributed by atoms with Crippen LogP contribution in [0.4, 0.5) is 0 Å². The van der Waals surface area contributed by atoms with Gasteiger partial charge in [-0.2, -0.15) is 0 Å². The molecule has 0 nitrogen and oxygen atoms in total. The van der Waals surface area contributed by atoms with Crippen LogP contribution < -0.4 is 0 Å². The SMILES string of the molecule is C=CCCCCC(C)(SC)SC. The normalized spacial score (nSPS) is 11.6. The minimum atomic E-state index is 0.432. The highest BCUT2D eigenvalue weighted by Crippen LogP contribution is 2.37. The molecule has 0 bridgehead atoms. The fourth-order valence-corrected chi connectivity index (χ4v) is 2.39. The summed E-state index contributed by atoms with van der Waals surface area (Å²) in [7, 11) is 0. The predicted molar refractivity (Wildman–Crippen MR) is 64.1 cm³/mol. The Morgan fingerprint density at radius 2 is 1.83 bits per heavy atom. The van der Waals surface area contributed by atoms with Crippen LogP contribution >= 0.6 is 23.5 Å². The lowest BCUT2D eigenvalue weighted by Gasteiger charge is -2.24. The maximum absolute atomic E-state index is 3.72. The first kappa shape index (κ1) is 12.4. The van der Waals surface area contributed by atoms with Crippen LogP contribution in [0, 0.1) is 0 Å². The largest absolute Gasteiger partial charge is 0.148 e. The molecule has 0 aromatic carbocycles. The molecule has 0 aliphatic carbocycles. The lowest BCUT2D eigenvalue weighted by atomic mass is 10.1. The molecule has 0 atom stereocenters. The van der Waals surface area contributed by atoms with E-state index in [9.17, 15) is 0 Å². The molecule has 0 spiro atoms. The Labute approximate surface area is 85.6 Å². The number of hydrogen-bond donors (Lipinski definition) is 0. The smallest absolute Gasteiger partial charge is 0.0577 e. The van der Waals surface area contributed by atoms with Crippen LogP contribution in [0.25, 0.3) is 0 Å². The van der Waals surface area contributed by atoms with Gasteiger partial charge in [0.25, 0.3) is 0 Å². The Hall–Kier alpha value is 0.440.